The van der Waals surface area contributed by atoms with Crippen molar-refractivity contribution in [1.82, 2.24) is 25.3 Å². The van der Waals surface area contributed by atoms with Crippen molar-refractivity contribution >= 4 is 5.96 Å². The van der Waals surface area contributed by atoms with Crippen LogP contribution in [0, 0.1) is 13.8 Å². The molecule has 2 heterocycles. The van der Waals surface area contributed by atoms with Gasteiger partial charge in [-0.1, -0.05) is 12.1 Å². The minimum atomic E-state index is 0.605. The van der Waals surface area contributed by atoms with Gasteiger partial charge in [-0.15, -0.1) is 0 Å². The third-order valence-corrected chi connectivity index (χ3v) is 5.38. The van der Waals surface area contributed by atoms with Gasteiger partial charge in [-0.25, -0.2) is 4.99 Å². The molecule has 2 N–H and O–H groups in total. The number of ether oxygens (including phenoxy) is 2. The Morgan fingerprint density at radius 2 is 2.00 bits per heavy atom. The van der Waals surface area contributed by atoms with Crippen LogP contribution < -0.4 is 15.4 Å². The van der Waals surface area contributed by atoms with Crippen molar-refractivity contribution in [3.63, 3.8) is 0 Å². The third-order valence-electron chi connectivity index (χ3n) is 5.38. The van der Waals surface area contributed by atoms with Gasteiger partial charge in [0, 0.05) is 45.0 Å². The molecule has 1 fully saturated rings. The Labute approximate surface area is 192 Å². The highest BCUT2D eigenvalue weighted by atomic mass is 16.5. The number of aliphatic imine (C=N–C) groups is 1. The fourth-order valence-corrected chi connectivity index (χ4v) is 3.70. The quantitative estimate of drug-likeness (QED) is 0.316. The Morgan fingerprint density at radius 1 is 1.16 bits per heavy atom. The van der Waals surface area contributed by atoms with Gasteiger partial charge in [-0.3, -0.25) is 9.58 Å². The van der Waals surface area contributed by atoms with Gasteiger partial charge in [-0.2, -0.15) is 5.10 Å². The summed E-state index contributed by atoms with van der Waals surface area (Å²) in [6.07, 6.45) is 0.985. The largest absolute Gasteiger partial charge is 0.492 e. The average molecular weight is 443 g/mol. The predicted molar refractivity (Wildman–Crippen MR) is 128 cm³/mol. The number of nitrogens with one attached hydrogen (secondary N) is 2. The number of rotatable bonds is 11. The molecular formula is C24H38N6O2. The summed E-state index contributed by atoms with van der Waals surface area (Å²) < 4.78 is 13.4. The summed E-state index contributed by atoms with van der Waals surface area (Å²) in [5, 5.41) is 11.3. The first-order valence-corrected chi connectivity index (χ1v) is 11.7. The van der Waals surface area contributed by atoms with E-state index in [1.165, 1.54) is 5.69 Å². The van der Waals surface area contributed by atoms with Crippen LogP contribution in [0.25, 0.3) is 0 Å². The zero-order chi connectivity index (χ0) is 22.6. The van der Waals surface area contributed by atoms with E-state index in [4.69, 9.17) is 14.5 Å². The molecule has 176 valence electrons. The van der Waals surface area contributed by atoms with E-state index in [0.717, 1.165) is 81.9 Å². The number of hydrogen-bond acceptors (Lipinski definition) is 5. The second-order valence-electron chi connectivity index (χ2n) is 8.08. The smallest absolute Gasteiger partial charge is 0.191 e. The van der Waals surface area contributed by atoms with Crippen LogP contribution in [0.2, 0.25) is 0 Å². The van der Waals surface area contributed by atoms with E-state index < -0.39 is 0 Å². The molecule has 0 radical (unpaired) electrons. The zero-order valence-corrected chi connectivity index (χ0v) is 19.8. The first-order valence-electron chi connectivity index (χ1n) is 11.7. The second-order valence-corrected chi connectivity index (χ2v) is 8.08. The number of hydrogen-bond donors (Lipinski definition) is 2. The van der Waals surface area contributed by atoms with Crippen LogP contribution in [0.3, 0.4) is 0 Å². The molecule has 0 bridgehead atoms. The van der Waals surface area contributed by atoms with Crippen LogP contribution in [-0.4, -0.2) is 73.2 Å². The maximum absolute atomic E-state index is 5.97. The molecule has 2 aromatic rings. The van der Waals surface area contributed by atoms with Crippen LogP contribution in [0.5, 0.6) is 5.75 Å². The molecule has 0 amide bonds. The lowest BCUT2D eigenvalue weighted by molar-refractivity contribution is 0.0322. The maximum Gasteiger partial charge on any atom is 0.191 e. The molecule has 0 aliphatic carbocycles. The van der Waals surface area contributed by atoms with Crippen molar-refractivity contribution in [2.45, 2.75) is 40.3 Å². The first kappa shape index (κ1) is 24.1. The van der Waals surface area contributed by atoms with Gasteiger partial charge in [0.1, 0.15) is 12.4 Å². The number of aryl methyl sites for hydroxylation is 3. The molecule has 0 atom stereocenters. The summed E-state index contributed by atoms with van der Waals surface area (Å²) in [5.74, 6) is 1.73. The minimum Gasteiger partial charge on any atom is -0.492 e. The van der Waals surface area contributed by atoms with Crippen LogP contribution >= 0.6 is 0 Å². The predicted octanol–water partition coefficient (Wildman–Crippen LogP) is 2.36. The Kier molecular flexibility index (Phi) is 9.84. The molecule has 8 nitrogen and oxygen atoms in total. The van der Waals surface area contributed by atoms with Crippen molar-refractivity contribution in [2.24, 2.45) is 4.99 Å². The molecule has 0 saturated carbocycles. The molecule has 1 aliphatic heterocycles. The summed E-state index contributed by atoms with van der Waals surface area (Å²) in [6, 6.07) is 10.3. The van der Waals surface area contributed by atoms with Gasteiger partial charge in [0.15, 0.2) is 5.96 Å². The lowest BCUT2D eigenvalue weighted by atomic mass is 10.2. The molecule has 1 aromatic heterocycles. The van der Waals surface area contributed by atoms with E-state index in [9.17, 15) is 0 Å². The molecule has 3 rings (SSSR count). The van der Waals surface area contributed by atoms with Crippen LogP contribution in [0.1, 0.15) is 30.3 Å². The van der Waals surface area contributed by atoms with Crippen molar-refractivity contribution in [3.05, 3.63) is 47.3 Å². The SMILES string of the molecule is CCNC(=NCc1cccc(OCCN2CCOCC2)c1)NCCCn1nc(C)cc1C. The van der Waals surface area contributed by atoms with Gasteiger partial charge in [0.2, 0.25) is 0 Å². The number of aromatic nitrogens is 2. The Hall–Kier alpha value is -2.58. The highest BCUT2D eigenvalue weighted by Gasteiger charge is 2.09. The molecule has 8 heteroatoms. The van der Waals surface area contributed by atoms with Crippen molar-refractivity contribution in [1.29, 1.82) is 0 Å². The normalized spacial score (nSPS) is 15.0. The van der Waals surface area contributed by atoms with Gasteiger partial charge in [-0.05, 0) is 51.0 Å². The Bertz CT molecular complexity index is 845. The summed E-state index contributed by atoms with van der Waals surface area (Å²) >= 11 is 0. The van der Waals surface area contributed by atoms with E-state index in [2.05, 4.69) is 57.4 Å². The fraction of sp³-hybridized carbons (Fsp3) is 0.583. The van der Waals surface area contributed by atoms with Gasteiger partial charge in [0.25, 0.3) is 0 Å². The Morgan fingerprint density at radius 3 is 2.75 bits per heavy atom. The van der Waals surface area contributed by atoms with Crippen molar-refractivity contribution in [2.75, 3.05) is 52.5 Å². The summed E-state index contributed by atoms with van der Waals surface area (Å²) in [7, 11) is 0. The standard InChI is InChI=1S/C24H38N6O2/c1-4-25-24(26-9-6-10-30-21(3)17-20(2)28-30)27-19-22-7-5-8-23(18-22)32-16-13-29-11-14-31-15-12-29/h5,7-8,17-18H,4,6,9-16,19H2,1-3H3,(H2,25,26,27). The lowest BCUT2D eigenvalue weighted by Crippen LogP contribution is -2.38. The molecule has 0 unspecified atom stereocenters. The number of benzene rings is 1. The van der Waals surface area contributed by atoms with Crippen molar-refractivity contribution in [3.8, 4) is 5.75 Å². The van der Waals surface area contributed by atoms with Gasteiger partial charge < -0.3 is 20.1 Å². The maximum atomic E-state index is 5.97. The van der Waals surface area contributed by atoms with Gasteiger partial charge in [0.05, 0.1) is 25.5 Å². The summed E-state index contributed by atoms with van der Waals surface area (Å²) in [5.41, 5.74) is 3.40. The van der Waals surface area contributed by atoms with E-state index in [0.29, 0.717) is 13.2 Å². The number of morpholine rings is 1. The molecule has 0 spiro atoms. The van der Waals surface area contributed by atoms with Crippen LogP contribution in [-0.2, 0) is 17.8 Å². The van der Waals surface area contributed by atoms with Crippen LogP contribution in [0.15, 0.2) is 35.3 Å². The van der Waals surface area contributed by atoms with E-state index >= 15 is 0 Å². The lowest BCUT2D eigenvalue weighted by Gasteiger charge is -2.26. The monoisotopic (exact) mass is 442 g/mol. The zero-order valence-electron chi connectivity index (χ0n) is 19.8. The van der Waals surface area contributed by atoms with Crippen molar-refractivity contribution < 1.29 is 9.47 Å². The highest BCUT2D eigenvalue weighted by molar-refractivity contribution is 5.79. The van der Waals surface area contributed by atoms with E-state index in [1.807, 2.05) is 19.1 Å². The van der Waals surface area contributed by atoms with E-state index in [-0.39, 0.29) is 0 Å². The molecule has 32 heavy (non-hydrogen) atoms. The molecule has 1 saturated heterocycles. The molecule has 1 aliphatic rings. The fourth-order valence-electron chi connectivity index (χ4n) is 3.70. The second kappa shape index (κ2) is 13.1. The molecule has 1 aromatic carbocycles. The first-order chi connectivity index (χ1) is 15.6. The van der Waals surface area contributed by atoms with Crippen LogP contribution in [0.4, 0.5) is 0 Å². The topological polar surface area (TPSA) is 75.9 Å². The summed E-state index contributed by atoms with van der Waals surface area (Å²) in [4.78, 5) is 7.11. The molecular weight excluding hydrogens is 404 g/mol. The number of guanidine groups is 1. The average Bonchev–Trinajstić information content (AvgIpc) is 3.12. The minimum absolute atomic E-state index is 0.605. The summed E-state index contributed by atoms with van der Waals surface area (Å²) in [6.45, 7) is 14.6. The van der Waals surface area contributed by atoms with E-state index in [1.54, 1.807) is 0 Å². The Balaban J connectivity index is 1.43. The van der Waals surface area contributed by atoms with Gasteiger partial charge >= 0.3 is 0 Å². The number of nitrogens with zero attached hydrogens (tertiary/aromatic N) is 4. The highest BCUT2D eigenvalue weighted by Crippen LogP contribution is 2.14. The third kappa shape index (κ3) is 8.16.